The van der Waals surface area contributed by atoms with Gasteiger partial charge in [0.25, 0.3) is 15.8 Å². The molecule has 11 nitrogen and oxygen atoms in total. The van der Waals surface area contributed by atoms with Crippen LogP contribution < -0.4 is 9.47 Å². The van der Waals surface area contributed by atoms with Crippen molar-refractivity contribution in [1.29, 1.82) is 0 Å². The number of nitro groups is 1. The predicted octanol–water partition coefficient (Wildman–Crippen LogP) is 8.28. The summed E-state index contributed by atoms with van der Waals surface area (Å²) in [6, 6.07) is 1.34. The lowest BCUT2D eigenvalue weighted by Crippen LogP contribution is -2.74. The van der Waals surface area contributed by atoms with Crippen molar-refractivity contribution < 1.29 is 115 Å². The standard InChI is InChI=1S/C26H30F17NO10SSi/c1-49-17-12-15(14-54-55(47,48)10-5-6-11-56(50-2,51-3)52-4)16(44(45)46)13-18(17)53-9-7-8-19(27,28)20(29,30)21(31,32)22(33,34)23(35,36)24(37,38)25(39,40)26(41,42)43/h12-13H,5-11,14H2,1-4H3. The molecule has 0 radical (unpaired) electrons. The Hall–Kier alpha value is -2.96. The fourth-order valence-corrected chi connectivity index (χ4v) is 7.15. The van der Waals surface area contributed by atoms with Crippen LogP contribution in [0.1, 0.15) is 31.2 Å². The van der Waals surface area contributed by atoms with Gasteiger partial charge in [0.05, 0.1) is 42.6 Å². The van der Waals surface area contributed by atoms with Gasteiger partial charge in [-0.3, -0.25) is 14.3 Å². The van der Waals surface area contributed by atoms with Gasteiger partial charge in [-0.15, -0.1) is 0 Å². The normalized spacial score (nSPS) is 14.6. The third-order valence-electron chi connectivity index (χ3n) is 7.70. The summed E-state index contributed by atoms with van der Waals surface area (Å²) in [4.78, 5) is 10.5. The van der Waals surface area contributed by atoms with Crippen molar-refractivity contribution in [3.63, 3.8) is 0 Å². The third-order valence-corrected chi connectivity index (χ3v) is 11.8. The molecule has 0 bridgehead atoms. The molecule has 0 aliphatic rings. The summed E-state index contributed by atoms with van der Waals surface area (Å²) in [7, 11) is -2.64. The summed E-state index contributed by atoms with van der Waals surface area (Å²) in [5.41, 5.74) is -1.54. The number of hydrogen-bond acceptors (Lipinski definition) is 10. The molecule has 1 aromatic carbocycles. The summed E-state index contributed by atoms with van der Waals surface area (Å²) in [5.74, 6) is -59.4. The summed E-state index contributed by atoms with van der Waals surface area (Å²) >= 11 is 0. The highest BCUT2D eigenvalue weighted by Crippen LogP contribution is 2.64. The predicted molar refractivity (Wildman–Crippen MR) is 154 cm³/mol. The summed E-state index contributed by atoms with van der Waals surface area (Å²) in [5, 5.41) is 11.6. The van der Waals surface area contributed by atoms with Gasteiger partial charge in [0.2, 0.25) is 0 Å². The molecule has 1 rings (SSSR count). The highest BCUT2D eigenvalue weighted by molar-refractivity contribution is 7.86. The van der Waals surface area contributed by atoms with Crippen LogP contribution in [0, 0.1) is 10.1 Å². The van der Waals surface area contributed by atoms with Crippen molar-refractivity contribution in [1.82, 2.24) is 0 Å². The summed E-state index contributed by atoms with van der Waals surface area (Å²) in [6.45, 7) is -2.45. The minimum absolute atomic E-state index is 0.0281. The second-order valence-corrected chi connectivity index (χ2v) is 16.1. The van der Waals surface area contributed by atoms with E-state index >= 15 is 0 Å². The van der Waals surface area contributed by atoms with E-state index < -0.39 is 126 Å². The Kier molecular flexibility index (Phi) is 15.9. The third kappa shape index (κ3) is 9.83. The lowest BCUT2D eigenvalue weighted by Gasteiger charge is -2.42. The molecule has 0 N–H and O–H groups in total. The van der Waals surface area contributed by atoms with Crippen LogP contribution in [0.5, 0.6) is 11.5 Å². The number of methoxy groups -OCH3 is 1. The summed E-state index contributed by atoms with van der Waals surface area (Å²) in [6.07, 6.45) is -12.2. The second kappa shape index (κ2) is 17.5. The number of unbranched alkanes of at least 4 members (excludes halogenated alkanes) is 1. The van der Waals surface area contributed by atoms with Crippen LogP contribution in [0.4, 0.5) is 80.3 Å². The zero-order chi connectivity index (χ0) is 44.2. The van der Waals surface area contributed by atoms with Gasteiger partial charge in [0.1, 0.15) is 0 Å². The Bertz CT molecular complexity index is 1600. The Balaban J connectivity index is 3.18. The van der Waals surface area contributed by atoms with Crippen LogP contribution in [0.25, 0.3) is 0 Å². The maximum Gasteiger partial charge on any atom is 0.500 e. The fourth-order valence-electron chi connectivity index (χ4n) is 4.37. The average molecular weight is 900 g/mol. The zero-order valence-electron chi connectivity index (χ0n) is 28.7. The van der Waals surface area contributed by atoms with Gasteiger partial charge in [-0.1, -0.05) is 0 Å². The molecule has 0 atom stereocenters. The van der Waals surface area contributed by atoms with Crippen molar-refractivity contribution in [2.24, 2.45) is 0 Å². The molecule has 0 aromatic heterocycles. The molecule has 56 heavy (non-hydrogen) atoms. The number of alkyl halides is 17. The molecule has 30 heteroatoms. The lowest BCUT2D eigenvalue weighted by molar-refractivity contribution is -0.461. The molecule has 1 aromatic rings. The van der Waals surface area contributed by atoms with Crippen molar-refractivity contribution >= 4 is 24.6 Å². The molecule has 0 fully saturated rings. The van der Waals surface area contributed by atoms with E-state index in [1.165, 1.54) is 21.3 Å². The maximum atomic E-state index is 14.2. The minimum Gasteiger partial charge on any atom is -0.493 e. The van der Waals surface area contributed by atoms with Gasteiger partial charge < -0.3 is 22.8 Å². The number of halogens is 17. The molecule has 0 aliphatic heterocycles. The van der Waals surface area contributed by atoms with Gasteiger partial charge in [-0.25, -0.2) is 0 Å². The molecule has 0 amide bonds. The van der Waals surface area contributed by atoms with Crippen LogP contribution in [-0.2, 0) is 34.2 Å². The Morgan fingerprint density at radius 1 is 0.661 bits per heavy atom. The van der Waals surface area contributed by atoms with Crippen molar-refractivity contribution in [2.75, 3.05) is 40.8 Å². The van der Waals surface area contributed by atoms with Crippen LogP contribution in [0.3, 0.4) is 0 Å². The Morgan fingerprint density at radius 2 is 1.12 bits per heavy atom. The molecule has 0 heterocycles. The number of ether oxygens (including phenoxy) is 2. The van der Waals surface area contributed by atoms with Gasteiger partial charge in [0.15, 0.2) is 11.5 Å². The van der Waals surface area contributed by atoms with Crippen molar-refractivity contribution in [3.8, 4) is 11.5 Å². The summed E-state index contributed by atoms with van der Waals surface area (Å²) < 4.78 is 284. The molecule has 0 unspecified atom stereocenters. The number of hydrogen-bond donors (Lipinski definition) is 0. The SMILES string of the molecule is COc1cc(COS(=O)(=O)CCCC[Si](OC)(OC)OC)c([N+](=O)[O-])cc1OCCCC(F)(F)C(F)(F)C(F)(F)C(F)(F)C(F)(F)C(F)(F)C(F)(F)C(F)(F)F. The highest BCUT2D eigenvalue weighted by Gasteiger charge is 2.95. The smallest absolute Gasteiger partial charge is 0.493 e. The highest BCUT2D eigenvalue weighted by atomic mass is 32.2. The maximum absolute atomic E-state index is 14.2. The molecular weight excluding hydrogens is 869 g/mol. The lowest BCUT2D eigenvalue weighted by atomic mass is 9.88. The molecule has 328 valence electrons. The quantitative estimate of drug-likeness (QED) is 0.0250. The van der Waals surface area contributed by atoms with Gasteiger partial charge in [0, 0.05) is 33.8 Å². The Labute approximate surface area is 305 Å². The minimum atomic E-state index is -8.76. The van der Waals surface area contributed by atoms with Gasteiger partial charge in [-0.2, -0.15) is 83.1 Å². The van der Waals surface area contributed by atoms with E-state index in [1.54, 1.807) is 0 Å². The van der Waals surface area contributed by atoms with E-state index in [4.69, 9.17) is 26.9 Å². The van der Waals surface area contributed by atoms with Crippen LogP contribution in [0.2, 0.25) is 6.04 Å². The number of rotatable bonds is 24. The van der Waals surface area contributed by atoms with E-state index in [0.29, 0.717) is 12.1 Å². The zero-order valence-corrected chi connectivity index (χ0v) is 30.5. The Morgan fingerprint density at radius 3 is 1.55 bits per heavy atom. The van der Waals surface area contributed by atoms with Gasteiger partial charge in [-0.05, 0) is 25.3 Å². The molecule has 0 saturated heterocycles. The second-order valence-electron chi connectivity index (χ2n) is 11.3. The number of nitro benzene ring substituents is 1. The van der Waals surface area contributed by atoms with Crippen molar-refractivity contribution in [2.45, 2.75) is 86.0 Å². The van der Waals surface area contributed by atoms with E-state index in [2.05, 4.69) is 0 Å². The first-order valence-electron chi connectivity index (χ1n) is 14.8. The van der Waals surface area contributed by atoms with E-state index in [9.17, 15) is 93.2 Å². The molecular formula is C26H30F17NO10SSi. The first-order chi connectivity index (χ1) is 25.1. The van der Waals surface area contributed by atoms with Crippen LogP contribution in [0.15, 0.2) is 12.1 Å². The van der Waals surface area contributed by atoms with Gasteiger partial charge >= 0.3 is 56.4 Å². The van der Waals surface area contributed by atoms with Crippen LogP contribution >= 0.6 is 0 Å². The first-order valence-corrected chi connectivity index (χ1v) is 18.3. The van der Waals surface area contributed by atoms with E-state index in [1.807, 2.05) is 0 Å². The first kappa shape index (κ1) is 51.1. The molecule has 0 saturated carbocycles. The van der Waals surface area contributed by atoms with E-state index in [0.717, 1.165) is 7.11 Å². The number of nitrogens with zero attached hydrogens (tertiary/aromatic N) is 1. The largest absolute Gasteiger partial charge is 0.500 e. The molecule has 0 spiro atoms. The molecule has 0 aliphatic carbocycles. The van der Waals surface area contributed by atoms with E-state index in [-0.39, 0.29) is 18.9 Å². The fraction of sp³-hybridized carbons (Fsp3) is 0.769. The topological polar surface area (TPSA) is 133 Å². The van der Waals surface area contributed by atoms with Crippen LogP contribution in [-0.4, -0.2) is 111 Å². The monoisotopic (exact) mass is 899 g/mol. The van der Waals surface area contributed by atoms with Crippen molar-refractivity contribution in [3.05, 3.63) is 27.8 Å². The average Bonchev–Trinajstić information content (AvgIpc) is 3.08. The number of benzene rings is 1.